The molecule has 7 unspecified atom stereocenters. The largest absolute Gasteiger partial charge is 0.458 e. The zero-order valence-corrected chi connectivity index (χ0v) is 24.7. The number of hydrogen-bond acceptors (Lipinski definition) is 6. The molecule has 4 aliphatic rings. The van der Waals surface area contributed by atoms with Crippen LogP contribution in [0.4, 0.5) is 0 Å². The molecule has 2 aliphatic heterocycles. The van der Waals surface area contributed by atoms with Crippen molar-refractivity contribution in [3.63, 3.8) is 0 Å². The van der Waals surface area contributed by atoms with E-state index in [1.54, 1.807) is 0 Å². The molecule has 7 atom stereocenters. The van der Waals surface area contributed by atoms with Crippen LogP contribution in [-0.2, 0) is 28.5 Å². The van der Waals surface area contributed by atoms with Crippen LogP contribution in [0.25, 0.3) is 0 Å². The first-order valence-corrected chi connectivity index (χ1v) is 15.2. The van der Waals surface area contributed by atoms with Gasteiger partial charge in [-0.3, -0.25) is 4.79 Å². The second kappa shape index (κ2) is 11.4. The Labute approximate surface area is 225 Å². The molecule has 0 aromatic heterocycles. The first-order valence-electron chi connectivity index (χ1n) is 15.2. The van der Waals surface area contributed by atoms with Gasteiger partial charge in [0.15, 0.2) is 12.6 Å². The molecule has 0 aromatic carbocycles. The van der Waals surface area contributed by atoms with E-state index in [0.29, 0.717) is 18.3 Å². The summed E-state index contributed by atoms with van der Waals surface area (Å²) in [5.74, 6) is 0.928. The van der Waals surface area contributed by atoms with Gasteiger partial charge in [-0.2, -0.15) is 0 Å². The molecule has 0 spiro atoms. The second-order valence-electron chi connectivity index (χ2n) is 14.2. The lowest BCUT2D eigenvalue weighted by Gasteiger charge is -2.59. The van der Waals surface area contributed by atoms with Crippen LogP contribution in [0.15, 0.2) is 0 Å². The Morgan fingerprint density at radius 1 is 0.892 bits per heavy atom. The summed E-state index contributed by atoms with van der Waals surface area (Å²) in [6, 6.07) is 0. The molecular formula is C31H54O6. The number of esters is 1. The molecule has 2 saturated carbocycles. The predicted molar refractivity (Wildman–Crippen MR) is 144 cm³/mol. The fourth-order valence-corrected chi connectivity index (χ4v) is 8.02. The fraction of sp³-hybridized carbons (Fsp3) is 0.968. The fourth-order valence-electron chi connectivity index (χ4n) is 8.02. The third-order valence-corrected chi connectivity index (χ3v) is 9.43. The topological polar surface area (TPSA) is 63.2 Å². The molecule has 0 aromatic rings. The van der Waals surface area contributed by atoms with Gasteiger partial charge in [-0.15, -0.1) is 0 Å². The van der Waals surface area contributed by atoms with Gasteiger partial charge in [0.05, 0.1) is 16.6 Å². The van der Waals surface area contributed by atoms with Crippen molar-refractivity contribution in [2.24, 2.45) is 23.2 Å². The van der Waals surface area contributed by atoms with E-state index in [0.717, 1.165) is 83.8 Å². The lowest BCUT2D eigenvalue weighted by atomic mass is 9.58. The Morgan fingerprint density at radius 3 is 2.00 bits per heavy atom. The normalized spacial score (nSPS) is 40.4. The molecule has 2 heterocycles. The van der Waals surface area contributed by atoms with Crippen LogP contribution in [-0.4, -0.2) is 48.6 Å². The van der Waals surface area contributed by atoms with Gasteiger partial charge in [-0.25, -0.2) is 0 Å². The zero-order chi connectivity index (χ0) is 26.9. The summed E-state index contributed by atoms with van der Waals surface area (Å²) in [6.07, 6.45) is 10.6. The van der Waals surface area contributed by atoms with Crippen LogP contribution in [0, 0.1) is 23.2 Å². The summed E-state index contributed by atoms with van der Waals surface area (Å²) < 4.78 is 32.5. The van der Waals surface area contributed by atoms with Gasteiger partial charge in [0.2, 0.25) is 0 Å². The summed E-state index contributed by atoms with van der Waals surface area (Å²) in [6.45, 7) is 16.7. The summed E-state index contributed by atoms with van der Waals surface area (Å²) in [4.78, 5) is 14.1. The molecule has 214 valence electrons. The minimum Gasteiger partial charge on any atom is -0.458 e. The zero-order valence-electron chi connectivity index (χ0n) is 24.7. The number of hydrogen-bond donors (Lipinski definition) is 0. The molecule has 6 nitrogen and oxygen atoms in total. The molecule has 2 bridgehead atoms. The van der Waals surface area contributed by atoms with Crippen molar-refractivity contribution in [2.45, 2.75) is 155 Å². The number of ether oxygens (including phenoxy) is 5. The number of fused-ring (bicyclic) bond motifs is 2. The van der Waals surface area contributed by atoms with Crippen LogP contribution in [0.5, 0.6) is 0 Å². The lowest BCUT2D eigenvalue weighted by Crippen LogP contribution is -2.64. The second-order valence-corrected chi connectivity index (χ2v) is 14.2. The first kappa shape index (κ1) is 29.3. The van der Waals surface area contributed by atoms with Gasteiger partial charge < -0.3 is 23.7 Å². The van der Waals surface area contributed by atoms with Crippen LogP contribution < -0.4 is 0 Å². The van der Waals surface area contributed by atoms with E-state index < -0.39 is 22.2 Å². The van der Waals surface area contributed by atoms with Gasteiger partial charge in [0, 0.05) is 32.5 Å². The van der Waals surface area contributed by atoms with Crippen molar-refractivity contribution in [1.29, 1.82) is 0 Å². The average Bonchev–Trinajstić information content (AvgIpc) is 2.77. The van der Waals surface area contributed by atoms with Crippen LogP contribution >= 0.6 is 0 Å². The molecule has 0 radical (unpaired) electrons. The highest BCUT2D eigenvalue weighted by Crippen LogP contribution is 2.57. The van der Waals surface area contributed by atoms with Gasteiger partial charge in [-0.05, 0) is 89.4 Å². The monoisotopic (exact) mass is 522 g/mol. The third-order valence-electron chi connectivity index (χ3n) is 9.43. The molecule has 0 N–H and O–H groups in total. The quantitative estimate of drug-likeness (QED) is 0.299. The molecule has 4 rings (SSSR count). The van der Waals surface area contributed by atoms with Gasteiger partial charge in [0.25, 0.3) is 0 Å². The maximum atomic E-state index is 14.1. The Balaban J connectivity index is 1.64. The van der Waals surface area contributed by atoms with Gasteiger partial charge in [-0.1, -0.05) is 34.6 Å². The van der Waals surface area contributed by atoms with Gasteiger partial charge in [0.1, 0.15) is 5.60 Å². The van der Waals surface area contributed by atoms with Crippen molar-refractivity contribution in [2.75, 3.05) is 13.2 Å². The molecule has 6 heteroatoms. The van der Waals surface area contributed by atoms with E-state index in [-0.39, 0.29) is 24.5 Å². The molecular weight excluding hydrogens is 468 g/mol. The highest BCUT2D eigenvalue weighted by atomic mass is 16.7. The van der Waals surface area contributed by atoms with Crippen molar-refractivity contribution < 1.29 is 28.5 Å². The molecule has 4 fully saturated rings. The SMILES string of the molecule is CC(C)CC(C)(C(=O)OC12CC(C)CC(OC3CCCCO3)(CC(C)(OC3CCCCO3)C1)C2)C(C)C. The van der Waals surface area contributed by atoms with Crippen LogP contribution in [0.3, 0.4) is 0 Å². The van der Waals surface area contributed by atoms with Gasteiger partial charge >= 0.3 is 5.97 Å². The first-order chi connectivity index (χ1) is 17.4. The van der Waals surface area contributed by atoms with Crippen LogP contribution in [0.2, 0.25) is 0 Å². The molecule has 2 aliphatic carbocycles. The van der Waals surface area contributed by atoms with E-state index >= 15 is 0 Å². The summed E-state index contributed by atoms with van der Waals surface area (Å²) in [5, 5.41) is 0. The Bertz CT molecular complexity index is 768. The number of rotatable bonds is 9. The Hall–Kier alpha value is -0.690. The smallest absolute Gasteiger partial charge is 0.312 e. The number of carbonyl (C=O) groups excluding carboxylic acids is 1. The van der Waals surface area contributed by atoms with E-state index in [1.165, 1.54) is 0 Å². The van der Waals surface area contributed by atoms with Crippen molar-refractivity contribution in [1.82, 2.24) is 0 Å². The lowest BCUT2D eigenvalue weighted by molar-refractivity contribution is -0.315. The van der Waals surface area contributed by atoms with Crippen molar-refractivity contribution in [3.8, 4) is 0 Å². The van der Waals surface area contributed by atoms with Crippen LogP contribution in [0.1, 0.15) is 126 Å². The van der Waals surface area contributed by atoms with E-state index in [9.17, 15) is 4.79 Å². The van der Waals surface area contributed by atoms with Crippen molar-refractivity contribution >= 4 is 5.97 Å². The number of carbonyl (C=O) groups is 1. The van der Waals surface area contributed by atoms with E-state index in [4.69, 9.17) is 23.7 Å². The maximum absolute atomic E-state index is 14.1. The summed E-state index contributed by atoms with van der Waals surface area (Å²) >= 11 is 0. The average molecular weight is 523 g/mol. The predicted octanol–water partition coefficient (Wildman–Crippen LogP) is 7.17. The summed E-state index contributed by atoms with van der Waals surface area (Å²) in [7, 11) is 0. The minimum atomic E-state index is -0.613. The standard InChI is InChI=1S/C31H54O6/c1-22(2)16-29(7,23(3)4)27(32)37-31-18-24(5)17-30(21-31,36-26-13-9-11-15-34-26)19-28(6,20-31)35-25-12-8-10-14-33-25/h22-26H,8-21H2,1-7H3. The van der Waals surface area contributed by atoms with E-state index in [1.807, 2.05) is 0 Å². The Morgan fingerprint density at radius 2 is 1.46 bits per heavy atom. The third kappa shape index (κ3) is 6.91. The molecule has 37 heavy (non-hydrogen) atoms. The maximum Gasteiger partial charge on any atom is 0.312 e. The summed E-state index contributed by atoms with van der Waals surface area (Å²) in [5.41, 5.74) is -2.07. The Kier molecular flexibility index (Phi) is 9.05. The highest BCUT2D eigenvalue weighted by Gasteiger charge is 2.62. The van der Waals surface area contributed by atoms with E-state index in [2.05, 4.69) is 48.5 Å². The molecule has 0 amide bonds. The minimum absolute atomic E-state index is 0.0636. The highest BCUT2D eigenvalue weighted by molar-refractivity contribution is 5.77. The molecule has 2 saturated heterocycles. The van der Waals surface area contributed by atoms with Crippen molar-refractivity contribution in [3.05, 3.63) is 0 Å².